The molecule has 2 aliphatic carbocycles. The van der Waals surface area contributed by atoms with E-state index in [1.54, 1.807) is 0 Å². The first kappa shape index (κ1) is 12.4. The summed E-state index contributed by atoms with van der Waals surface area (Å²) < 4.78 is 0. The molecule has 0 spiro atoms. The maximum atomic E-state index is 12.9. The summed E-state index contributed by atoms with van der Waals surface area (Å²) in [6.07, 6.45) is 5.88. The number of hydrogen-bond donors (Lipinski definition) is 1. The molecule has 3 heteroatoms. The lowest BCUT2D eigenvalue weighted by Gasteiger charge is -2.36. The van der Waals surface area contributed by atoms with Crippen molar-refractivity contribution in [3.05, 3.63) is 29.8 Å². The highest BCUT2D eigenvalue weighted by molar-refractivity contribution is 5.96. The molecule has 1 aliphatic heterocycles. The van der Waals surface area contributed by atoms with Gasteiger partial charge in [-0.25, -0.2) is 0 Å². The van der Waals surface area contributed by atoms with Crippen molar-refractivity contribution in [2.45, 2.75) is 38.1 Å². The quantitative estimate of drug-likeness (QED) is 0.853. The van der Waals surface area contributed by atoms with Crippen LogP contribution in [0.4, 0.5) is 5.69 Å². The summed E-state index contributed by atoms with van der Waals surface area (Å²) in [7, 11) is 0. The number of hydrogen-bond acceptors (Lipinski definition) is 2. The van der Waals surface area contributed by atoms with Gasteiger partial charge < -0.3 is 10.6 Å². The summed E-state index contributed by atoms with van der Waals surface area (Å²) in [5.74, 6) is 2.10. The van der Waals surface area contributed by atoms with E-state index in [9.17, 15) is 4.79 Å². The Morgan fingerprint density at radius 2 is 2.00 bits per heavy atom. The minimum absolute atomic E-state index is 0.0790. The molecule has 4 rings (SSSR count). The molecule has 0 saturated heterocycles. The van der Waals surface area contributed by atoms with Gasteiger partial charge in [-0.3, -0.25) is 4.79 Å². The highest BCUT2D eigenvalue weighted by atomic mass is 16.2. The van der Waals surface area contributed by atoms with Crippen LogP contribution in [0.2, 0.25) is 0 Å². The number of anilines is 1. The van der Waals surface area contributed by atoms with E-state index in [4.69, 9.17) is 5.73 Å². The van der Waals surface area contributed by atoms with Crippen molar-refractivity contribution in [2.75, 3.05) is 11.4 Å². The van der Waals surface area contributed by atoms with Gasteiger partial charge in [-0.15, -0.1) is 0 Å². The van der Waals surface area contributed by atoms with Gasteiger partial charge >= 0.3 is 0 Å². The third-order valence-electron chi connectivity index (χ3n) is 5.61. The summed E-state index contributed by atoms with van der Waals surface area (Å²) in [6.45, 7) is 0.783. The van der Waals surface area contributed by atoms with E-state index in [1.807, 2.05) is 17.0 Å². The summed E-state index contributed by atoms with van der Waals surface area (Å²) in [5, 5.41) is 0. The van der Waals surface area contributed by atoms with Crippen LogP contribution >= 0.6 is 0 Å². The van der Waals surface area contributed by atoms with Crippen LogP contribution in [0.15, 0.2) is 24.3 Å². The SMILES string of the molecule is NC1CCN(C(=O)C2CC3CCC2C3)c2ccccc21. The second-order valence-corrected chi connectivity index (χ2v) is 6.73. The Labute approximate surface area is 120 Å². The van der Waals surface area contributed by atoms with E-state index in [2.05, 4.69) is 12.1 Å². The predicted octanol–water partition coefficient (Wildman–Crippen LogP) is 2.86. The van der Waals surface area contributed by atoms with Crippen LogP contribution in [-0.4, -0.2) is 12.5 Å². The van der Waals surface area contributed by atoms with Crippen molar-refractivity contribution < 1.29 is 4.79 Å². The Hall–Kier alpha value is -1.35. The molecule has 0 aromatic heterocycles. The van der Waals surface area contributed by atoms with Crippen molar-refractivity contribution in [1.82, 2.24) is 0 Å². The first-order valence-electron chi connectivity index (χ1n) is 7.90. The van der Waals surface area contributed by atoms with Crippen LogP contribution in [0.5, 0.6) is 0 Å². The Bertz CT molecular complexity index is 542. The molecule has 2 bridgehead atoms. The van der Waals surface area contributed by atoms with E-state index in [-0.39, 0.29) is 12.0 Å². The largest absolute Gasteiger partial charge is 0.324 e. The topological polar surface area (TPSA) is 46.3 Å². The van der Waals surface area contributed by atoms with Crippen LogP contribution in [0.3, 0.4) is 0 Å². The van der Waals surface area contributed by atoms with Crippen LogP contribution in [0.25, 0.3) is 0 Å². The molecular weight excluding hydrogens is 248 g/mol. The second-order valence-electron chi connectivity index (χ2n) is 6.73. The zero-order chi connectivity index (χ0) is 13.7. The van der Waals surface area contributed by atoms with E-state index in [0.29, 0.717) is 11.8 Å². The smallest absolute Gasteiger partial charge is 0.230 e. The molecule has 1 aromatic rings. The maximum Gasteiger partial charge on any atom is 0.230 e. The fourth-order valence-electron chi connectivity index (χ4n) is 4.57. The van der Waals surface area contributed by atoms with Crippen molar-refractivity contribution >= 4 is 11.6 Å². The summed E-state index contributed by atoms with van der Waals surface area (Å²) in [4.78, 5) is 15.0. The fourth-order valence-corrected chi connectivity index (χ4v) is 4.57. The highest BCUT2D eigenvalue weighted by Gasteiger charge is 2.45. The first-order valence-corrected chi connectivity index (χ1v) is 7.90. The molecule has 3 aliphatic rings. The minimum atomic E-state index is 0.0790. The van der Waals surface area contributed by atoms with Gasteiger partial charge in [0.15, 0.2) is 0 Å². The monoisotopic (exact) mass is 270 g/mol. The van der Waals surface area contributed by atoms with Gasteiger partial charge in [0.05, 0.1) is 0 Å². The number of carbonyl (C=O) groups excluding carboxylic acids is 1. The minimum Gasteiger partial charge on any atom is -0.324 e. The molecule has 4 unspecified atom stereocenters. The van der Waals surface area contributed by atoms with E-state index < -0.39 is 0 Å². The summed E-state index contributed by atoms with van der Waals surface area (Å²) >= 11 is 0. The average Bonchev–Trinajstić information content (AvgIpc) is 3.10. The van der Waals surface area contributed by atoms with Crippen molar-refractivity contribution in [2.24, 2.45) is 23.5 Å². The van der Waals surface area contributed by atoms with Gasteiger partial charge in [0.1, 0.15) is 0 Å². The number of carbonyl (C=O) groups is 1. The lowest BCUT2D eigenvalue weighted by Crippen LogP contribution is -2.43. The van der Waals surface area contributed by atoms with Crippen LogP contribution in [0, 0.1) is 17.8 Å². The van der Waals surface area contributed by atoms with E-state index in [0.717, 1.165) is 36.6 Å². The number of fused-ring (bicyclic) bond motifs is 3. The van der Waals surface area contributed by atoms with Crippen molar-refractivity contribution in [3.8, 4) is 0 Å². The molecule has 0 radical (unpaired) electrons. The number of para-hydroxylation sites is 1. The Morgan fingerprint density at radius 1 is 1.15 bits per heavy atom. The number of amides is 1. The van der Waals surface area contributed by atoms with Crippen LogP contribution in [-0.2, 0) is 4.79 Å². The molecule has 20 heavy (non-hydrogen) atoms. The number of nitrogens with zero attached hydrogens (tertiary/aromatic N) is 1. The lowest BCUT2D eigenvalue weighted by molar-refractivity contribution is -0.124. The number of rotatable bonds is 1. The van der Waals surface area contributed by atoms with Crippen LogP contribution in [0.1, 0.15) is 43.7 Å². The molecule has 1 aromatic carbocycles. The van der Waals surface area contributed by atoms with Gasteiger partial charge in [0, 0.05) is 24.2 Å². The Kier molecular flexibility index (Phi) is 2.84. The van der Waals surface area contributed by atoms with Crippen molar-refractivity contribution in [3.63, 3.8) is 0 Å². The predicted molar refractivity (Wildman–Crippen MR) is 79.3 cm³/mol. The molecule has 1 amide bonds. The lowest BCUT2D eigenvalue weighted by atomic mass is 9.86. The Balaban J connectivity index is 1.63. The van der Waals surface area contributed by atoms with Gasteiger partial charge in [-0.05, 0) is 49.1 Å². The van der Waals surface area contributed by atoms with Crippen LogP contribution < -0.4 is 10.6 Å². The van der Waals surface area contributed by atoms with Gasteiger partial charge in [0.25, 0.3) is 0 Å². The molecule has 4 atom stereocenters. The molecular formula is C17H22N2O. The summed E-state index contributed by atoms with van der Waals surface area (Å²) in [5.41, 5.74) is 8.37. The van der Waals surface area contributed by atoms with Gasteiger partial charge in [0.2, 0.25) is 5.91 Å². The maximum absolute atomic E-state index is 12.9. The Morgan fingerprint density at radius 3 is 2.75 bits per heavy atom. The van der Waals surface area contributed by atoms with E-state index in [1.165, 1.54) is 19.3 Å². The molecule has 106 valence electrons. The number of nitrogens with two attached hydrogens (primary N) is 1. The third-order valence-corrected chi connectivity index (χ3v) is 5.61. The molecule has 3 nitrogen and oxygen atoms in total. The highest BCUT2D eigenvalue weighted by Crippen LogP contribution is 2.49. The standard InChI is InChI=1S/C17H22N2O/c18-15-7-8-19(16-4-2-1-3-13(15)16)17(20)14-10-11-5-6-12(14)9-11/h1-4,11-12,14-15H,5-10,18H2. The fraction of sp³-hybridized carbons (Fsp3) is 0.588. The second kappa shape index (κ2) is 4.59. The third kappa shape index (κ3) is 1.80. The molecule has 2 saturated carbocycles. The zero-order valence-electron chi connectivity index (χ0n) is 11.8. The normalized spacial score (nSPS) is 35.1. The zero-order valence-corrected chi connectivity index (χ0v) is 11.8. The molecule has 2 fully saturated rings. The number of benzene rings is 1. The average molecular weight is 270 g/mol. The summed E-state index contributed by atoms with van der Waals surface area (Å²) in [6, 6.07) is 8.23. The van der Waals surface area contributed by atoms with Gasteiger partial charge in [-0.2, -0.15) is 0 Å². The van der Waals surface area contributed by atoms with Crippen molar-refractivity contribution in [1.29, 1.82) is 0 Å². The molecule has 2 N–H and O–H groups in total. The van der Waals surface area contributed by atoms with E-state index >= 15 is 0 Å². The van der Waals surface area contributed by atoms with Gasteiger partial charge in [-0.1, -0.05) is 24.6 Å². The first-order chi connectivity index (χ1) is 9.74. The molecule has 1 heterocycles.